The summed E-state index contributed by atoms with van der Waals surface area (Å²) in [5, 5.41) is 4.83. The minimum atomic E-state index is -2.70. The fourth-order valence-corrected chi connectivity index (χ4v) is 5.55. The van der Waals surface area contributed by atoms with Gasteiger partial charge in [0.25, 0.3) is 5.79 Å². The molecular formula is C33H41Cl3N2O16. The average molecular weight is 828 g/mol. The maximum atomic E-state index is 13.7. The van der Waals surface area contributed by atoms with Crippen molar-refractivity contribution in [3.63, 3.8) is 0 Å². The maximum absolute atomic E-state index is 13.7. The molecule has 1 aliphatic heterocycles. The van der Waals surface area contributed by atoms with Gasteiger partial charge < -0.3 is 48.5 Å². The van der Waals surface area contributed by atoms with Gasteiger partial charge in [-0.2, -0.15) is 0 Å². The van der Waals surface area contributed by atoms with E-state index in [9.17, 15) is 38.4 Å². The fourth-order valence-electron chi connectivity index (χ4n) is 5.19. The highest BCUT2D eigenvalue weighted by Gasteiger charge is 2.59. The molecule has 2 rings (SSSR count). The zero-order valence-corrected chi connectivity index (χ0v) is 32.3. The Labute approximate surface area is 324 Å². The van der Waals surface area contributed by atoms with Crippen LogP contribution in [0, 0.1) is 0 Å². The highest BCUT2D eigenvalue weighted by Crippen LogP contribution is 2.37. The van der Waals surface area contributed by atoms with Gasteiger partial charge in [-0.15, -0.1) is 0 Å². The number of hydrogen-bond acceptors (Lipinski definition) is 16. The molecule has 0 unspecified atom stereocenters. The normalized spacial score (nSPS) is 21.2. The van der Waals surface area contributed by atoms with Crippen LogP contribution in [0.3, 0.4) is 0 Å². The van der Waals surface area contributed by atoms with E-state index in [1.807, 2.05) is 0 Å². The molecule has 0 aromatic heterocycles. The van der Waals surface area contributed by atoms with E-state index in [0.29, 0.717) is 5.56 Å². The number of rotatable bonds is 17. The van der Waals surface area contributed by atoms with Crippen molar-refractivity contribution in [3.8, 4) is 0 Å². The Hall–Kier alpha value is -4.23. The molecule has 21 heteroatoms. The van der Waals surface area contributed by atoms with Crippen molar-refractivity contribution in [1.29, 1.82) is 0 Å². The Morgan fingerprint density at radius 2 is 1.50 bits per heavy atom. The van der Waals surface area contributed by atoms with Gasteiger partial charge >= 0.3 is 35.8 Å². The van der Waals surface area contributed by atoms with Gasteiger partial charge in [-0.1, -0.05) is 65.1 Å². The molecule has 1 fully saturated rings. The highest BCUT2D eigenvalue weighted by atomic mass is 35.6. The van der Waals surface area contributed by atoms with Gasteiger partial charge in [0.2, 0.25) is 11.8 Å². The third kappa shape index (κ3) is 15.3. The van der Waals surface area contributed by atoms with E-state index >= 15 is 0 Å². The van der Waals surface area contributed by atoms with Crippen molar-refractivity contribution in [2.75, 3.05) is 20.3 Å². The van der Waals surface area contributed by atoms with Crippen molar-refractivity contribution < 1.29 is 76.3 Å². The summed E-state index contributed by atoms with van der Waals surface area (Å²) in [5.74, 6) is -10.4. The Kier molecular flexibility index (Phi) is 17.9. The van der Waals surface area contributed by atoms with Crippen LogP contribution in [0.1, 0.15) is 53.0 Å². The molecule has 1 aliphatic rings. The van der Waals surface area contributed by atoms with Crippen LogP contribution in [-0.4, -0.2) is 114 Å². The van der Waals surface area contributed by atoms with E-state index in [-0.39, 0.29) is 6.61 Å². The molecule has 2 N–H and O–H groups in total. The zero-order valence-electron chi connectivity index (χ0n) is 30.1. The molecule has 1 aromatic carbocycles. The Balaban J connectivity index is 2.71. The molecule has 2 amide bonds. The summed E-state index contributed by atoms with van der Waals surface area (Å²) in [4.78, 5) is 101. The predicted molar refractivity (Wildman–Crippen MR) is 184 cm³/mol. The van der Waals surface area contributed by atoms with Gasteiger partial charge in [-0.05, 0) is 5.56 Å². The van der Waals surface area contributed by atoms with Crippen LogP contribution in [0.4, 0.5) is 0 Å². The van der Waals surface area contributed by atoms with Gasteiger partial charge in [0, 0.05) is 34.6 Å². The topological polar surface area (TPSA) is 234 Å². The molecule has 300 valence electrons. The Morgan fingerprint density at radius 1 is 0.870 bits per heavy atom. The van der Waals surface area contributed by atoms with E-state index in [1.54, 1.807) is 30.3 Å². The number of amides is 2. The summed E-state index contributed by atoms with van der Waals surface area (Å²) in [6, 6.07) is 5.24. The standard InChI is InChI=1S/C33H41Cl3N2O16/c1-17(39)37-27-24(51-19(3)41)12-32(31(46)47-6,54-29(27)28(53-21(5)43)25(52-20(4)42)16-48-18(2)40)50-15-23(38-26(44)13-33(34,35)36)30(45)49-14-22-10-8-7-9-11-22/h7-11,23-25,27-29H,12-16H2,1-6H3,(H,37,39)(H,38,44)/t23-,24-,25+,27+,28+,29+,32+/m0/s1. The SMILES string of the molecule is COC(=O)[C@@]1(OC[C@H](NC(=O)CC(Cl)(Cl)Cl)C(=O)OCc2ccccc2)C[C@H](OC(C)=O)[C@@H](NC(C)=O)[C@H]([C@H](OC(C)=O)[C@@H](COC(C)=O)OC(C)=O)O1. The summed E-state index contributed by atoms with van der Waals surface area (Å²) >= 11 is 17.3. The van der Waals surface area contributed by atoms with Crippen LogP contribution >= 0.6 is 34.8 Å². The second kappa shape index (κ2) is 21.0. The molecule has 0 aliphatic carbocycles. The zero-order chi connectivity index (χ0) is 40.8. The molecule has 0 radical (unpaired) electrons. The largest absolute Gasteiger partial charge is 0.465 e. The summed E-state index contributed by atoms with van der Waals surface area (Å²) in [6.07, 6.45) is -8.36. The van der Waals surface area contributed by atoms with Gasteiger partial charge in [0.15, 0.2) is 22.0 Å². The summed E-state index contributed by atoms with van der Waals surface area (Å²) < 4.78 is 41.8. The van der Waals surface area contributed by atoms with Crippen LogP contribution in [0.2, 0.25) is 0 Å². The quantitative estimate of drug-likeness (QED) is 0.129. The fraction of sp³-hybridized carbons (Fsp3) is 0.576. The molecule has 1 aromatic rings. The van der Waals surface area contributed by atoms with Crippen LogP contribution in [0.15, 0.2) is 30.3 Å². The van der Waals surface area contributed by atoms with Crippen LogP contribution in [-0.2, 0) is 82.9 Å². The van der Waals surface area contributed by atoms with Crippen LogP contribution in [0.25, 0.3) is 0 Å². The summed E-state index contributed by atoms with van der Waals surface area (Å²) in [5.41, 5.74) is 0.573. The molecule has 0 spiro atoms. The molecule has 1 saturated heterocycles. The van der Waals surface area contributed by atoms with Crippen molar-refractivity contribution >= 4 is 82.4 Å². The average Bonchev–Trinajstić information content (AvgIpc) is 3.05. The lowest BCUT2D eigenvalue weighted by atomic mass is 9.88. The number of ether oxygens (including phenoxy) is 8. The number of carbonyl (C=O) groups is 8. The third-order valence-electron chi connectivity index (χ3n) is 7.18. The van der Waals surface area contributed by atoms with Gasteiger partial charge in [-0.3, -0.25) is 28.8 Å². The number of methoxy groups -OCH3 is 1. The maximum Gasteiger partial charge on any atom is 0.366 e. The Morgan fingerprint density at radius 3 is 2.02 bits per heavy atom. The number of halogens is 3. The number of nitrogens with one attached hydrogen (secondary N) is 2. The number of benzene rings is 1. The third-order valence-corrected chi connectivity index (χ3v) is 7.58. The van der Waals surface area contributed by atoms with E-state index in [1.165, 1.54) is 0 Å². The highest BCUT2D eigenvalue weighted by molar-refractivity contribution is 6.68. The minimum absolute atomic E-state index is 0.256. The van der Waals surface area contributed by atoms with Crippen molar-refractivity contribution in [1.82, 2.24) is 10.6 Å². The van der Waals surface area contributed by atoms with E-state index < -0.39 is 120 Å². The number of esters is 6. The van der Waals surface area contributed by atoms with Gasteiger partial charge in [0.1, 0.15) is 25.4 Å². The van der Waals surface area contributed by atoms with E-state index in [4.69, 9.17) is 72.7 Å². The smallest absolute Gasteiger partial charge is 0.366 e. The molecule has 0 saturated carbocycles. The van der Waals surface area contributed by atoms with Gasteiger partial charge in [0.05, 0.1) is 32.6 Å². The first-order chi connectivity index (χ1) is 25.2. The van der Waals surface area contributed by atoms with Crippen LogP contribution in [0.5, 0.6) is 0 Å². The first-order valence-electron chi connectivity index (χ1n) is 16.0. The number of hydrogen-bond donors (Lipinski definition) is 2. The number of alkyl halides is 3. The lowest BCUT2D eigenvalue weighted by Gasteiger charge is -2.48. The molecule has 18 nitrogen and oxygen atoms in total. The molecular weight excluding hydrogens is 787 g/mol. The first kappa shape index (κ1) is 45.9. The first-order valence-corrected chi connectivity index (χ1v) is 17.2. The second-order valence-corrected chi connectivity index (χ2v) is 14.3. The summed E-state index contributed by atoms with van der Waals surface area (Å²) in [6.45, 7) is 3.22. The second-order valence-electron chi connectivity index (χ2n) is 11.7. The molecule has 0 bridgehead atoms. The number of carbonyl (C=O) groups excluding carboxylic acids is 8. The van der Waals surface area contributed by atoms with Gasteiger partial charge in [-0.25, -0.2) is 9.59 Å². The monoisotopic (exact) mass is 826 g/mol. The molecule has 7 atom stereocenters. The molecule has 1 heterocycles. The van der Waals surface area contributed by atoms with Crippen molar-refractivity contribution in [2.24, 2.45) is 0 Å². The minimum Gasteiger partial charge on any atom is -0.465 e. The Bertz CT molecular complexity index is 1520. The van der Waals surface area contributed by atoms with E-state index in [0.717, 1.165) is 41.7 Å². The predicted octanol–water partition coefficient (Wildman–Crippen LogP) is 1.51. The lowest BCUT2D eigenvalue weighted by Crippen LogP contribution is -2.69. The van der Waals surface area contributed by atoms with Crippen molar-refractivity contribution in [3.05, 3.63) is 35.9 Å². The van der Waals surface area contributed by atoms with E-state index in [2.05, 4.69) is 10.6 Å². The molecule has 54 heavy (non-hydrogen) atoms. The summed E-state index contributed by atoms with van der Waals surface area (Å²) in [7, 11) is 0.937. The lowest BCUT2D eigenvalue weighted by molar-refractivity contribution is -0.315. The van der Waals surface area contributed by atoms with Crippen LogP contribution < -0.4 is 10.6 Å². The van der Waals surface area contributed by atoms with Crippen molar-refractivity contribution in [2.45, 2.75) is 100 Å².